The number of amides is 3. The summed E-state index contributed by atoms with van der Waals surface area (Å²) >= 11 is 0. The van der Waals surface area contributed by atoms with Crippen molar-refractivity contribution in [1.82, 2.24) is 9.80 Å². The fourth-order valence-corrected chi connectivity index (χ4v) is 5.06. The molecule has 7 nitrogen and oxygen atoms in total. The van der Waals surface area contributed by atoms with Gasteiger partial charge >= 0.3 is 6.09 Å². The Morgan fingerprint density at radius 2 is 1.61 bits per heavy atom. The number of fused-ring (bicyclic) bond motifs is 1. The molecule has 1 saturated heterocycles. The van der Waals surface area contributed by atoms with Crippen molar-refractivity contribution in [3.05, 3.63) is 42.0 Å². The van der Waals surface area contributed by atoms with Gasteiger partial charge in [-0.1, -0.05) is 62.4 Å². The van der Waals surface area contributed by atoms with Crippen LogP contribution in [0.4, 0.5) is 4.79 Å². The highest BCUT2D eigenvalue weighted by atomic mass is 16.6. The third kappa shape index (κ3) is 5.64. The summed E-state index contributed by atoms with van der Waals surface area (Å²) in [4.78, 5) is 41.2. The highest BCUT2D eigenvalue weighted by Gasteiger charge is 2.25. The summed E-state index contributed by atoms with van der Waals surface area (Å²) in [6, 6.07) is 10.8. The number of primary amides is 1. The predicted octanol–water partition coefficient (Wildman–Crippen LogP) is 4.33. The van der Waals surface area contributed by atoms with Gasteiger partial charge in [0.2, 0.25) is 5.91 Å². The van der Waals surface area contributed by atoms with Crippen molar-refractivity contribution in [2.45, 2.75) is 51.4 Å². The Hall–Kier alpha value is -3.09. The molecule has 2 N–H and O–H groups in total. The number of nitrogens with zero attached hydrogens (tertiary/aromatic N) is 2. The van der Waals surface area contributed by atoms with Gasteiger partial charge < -0.3 is 20.3 Å². The van der Waals surface area contributed by atoms with Crippen molar-refractivity contribution in [2.24, 2.45) is 11.7 Å². The van der Waals surface area contributed by atoms with Gasteiger partial charge in [0.15, 0.2) is 0 Å². The lowest BCUT2D eigenvalue weighted by Gasteiger charge is -2.24. The lowest BCUT2D eigenvalue weighted by Crippen LogP contribution is -2.38. The van der Waals surface area contributed by atoms with Crippen LogP contribution in [0.25, 0.3) is 10.8 Å². The zero-order valence-corrected chi connectivity index (χ0v) is 19.1. The Kier molecular flexibility index (Phi) is 7.47. The molecule has 2 aromatic rings. The van der Waals surface area contributed by atoms with Gasteiger partial charge in [-0.2, -0.15) is 0 Å². The van der Waals surface area contributed by atoms with Gasteiger partial charge in [-0.05, 0) is 35.6 Å². The third-order valence-corrected chi connectivity index (χ3v) is 6.93. The SMILES string of the molecule is NC(=O)c1c(OC(=O)N2CCCN(C(=O)CCC3CCCCC3)CC2)ccc2ccccc12. The lowest BCUT2D eigenvalue weighted by molar-refractivity contribution is -0.131. The minimum atomic E-state index is -0.639. The summed E-state index contributed by atoms with van der Waals surface area (Å²) in [6.45, 7) is 2.06. The van der Waals surface area contributed by atoms with Crippen LogP contribution in [0.2, 0.25) is 0 Å². The Morgan fingerprint density at radius 3 is 2.39 bits per heavy atom. The molecule has 33 heavy (non-hydrogen) atoms. The van der Waals surface area contributed by atoms with Crippen LogP contribution in [0.15, 0.2) is 36.4 Å². The molecule has 0 aromatic heterocycles. The molecule has 176 valence electrons. The van der Waals surface area contributed by atoms with Crippen molar-refractivity contribution in [2.75, 3.05) is 26.2 Å². The smallest absolute Gasteiger partial charge is 0.409 e. The zero-order chi connectivity index (χ0) is 23.2. The summed E-state index contributed by atoms with van der Waals surface area (Å²) in [7, 11) is 0. The van der Waals surface area contributed by atoms with E-state index in [2.05, 4.69) is 0 Å². The summed E-state index contributed by atoms with van der Waals surface area (Å²) in [5.41, 5.74) is 5.81. The lowest BCUT2D eigenvalue weighted by atomic mass is 9.86. The van der Waals surface area contributed by atoms with Crippen LogP contribution in [-0.4, -0.2) is 53.9 Å². The van der Waals surface area contributed by atoms with Crippen molar-refractivity contribution >= 4 is 28.7 Å². The molecule has 0 unspecified atom stereocenters. The standard InChI is InChI=1S/C26H33N3O4/c27-25(31)24-21-10-5-4-9-20(21)12-13-22(24)33-26(32)29-16-6-15-28(17-18-29)23(30)14-11-19-7-2-1-3-8-19/h4-5,9-10,12-13,19H,1-3,6-8,11,14-18H2,(H2,27,31). The Labute approximate surface area is 194 Å². The maximum absolute atomic E-state index is 12.9. The van der Waals surface area contributed by atoms with Gasteiger partial charge in [0.05, 0.1) is 5.56 Å². The second kappa shape index (κ2) is 10.7. The zero-order valence-electron chi connectivity index (χ0n) is 19.1. The van der Waals surface area contributed by atoms with Crippen LogP contribution >= 0.6 is 0 Å². The molecule has 4 rings (SSSR count). The maximum atomic E-state index is 12.9. The summed E-state index contributed by atoms with van der Waals surface area (Å²) in [6.07, 6.45) is 8.12. The highest BCUT2D eigenvalue weighted by Crippen LogP contribution is 2.29. The maximum Gasteiger partial charge on any atom is 0.415 e. The average Bonchev–Trinajstić information content (AvgIpc) is 3.09. The number of rotatable bonds is 5. The van der Waals surface area contributed by atoms with E-state index in [4.69, 9.17) is 10.5 Å². The van der Waals surface area contributed by atoms with Crippen LogP contribution in [0, 0.1) is 5.92 Å². The Balaban J connectivity index is 1.35. The number of ether oxygens (including phenoxy) is 1. The molecular weight excluding hydrogens is 418 g/mol. The van der Waals surface area contributed by atoms with Gasteiger partial charge in [-0.25, -0.2) is 4.79 Å². The molecule has 1 heterocycles. The average molecular weight is 452 g/mol. The molecule has 2 aromatic carbocycles. The molecule has 2 aliphatic rings. The van der Waals surface area contributed by atoms with E-state index in [1.54, 1.807) is 23.1 Å². The molecule has 0 radical (unpaired) electrons. The van der Waals surface area contributed by atoms with E-state index >= 15 is 0 Å². The van der Waals surface area contributed by atoms with Gasteiger partial charge in [-0.15, -0.1) is 0 Å². The van der Waals surface area contributed by atoms with Gasteiger partial charge in [-0.3, -0.25) is 9.59 Å². The van der Waals surface area contributed by atoms with Crippen molar-refractivity contribution in [3.8, 4) is 5.75 Å². The number of hydrogen-bond acceptors (Lipinski definition) is 4. The van der Waals surface area contributed by atoms with E-state index in [-0.39, 0.29) is 17.2 Å². The first-order valence-electron chi connectivity index (χ1n) is 12.1. The number of nitrogens with two attached hydrogens (primary N) is 1. The van der Waals surface area contributed by atoms with Crippen LogP contribution in [0.1, 0.15) is 61.7 Å². The Morgan fingerprint density at radius 1 is 0.879 bits per heavy atom. The number of carbonyl (C=O) groups excluding carboxylic acids is 3. The first-order valence-corrected chi connectivity index (χ1v) is 12.1. The van der Waals surface area contributed by atoms with Crippen molar-refractivity contribution in [3.63, 3.8) is 0 Å². The number of benzene rings is 2. The fourth-order valence-electron chi connectivity index (χ4n) is 5.06. The van der Waals surface area contributed by atoms with Gasteiger partial charge in [0, 0.05) is 32.6 Å². The molecule has 1 aliphatic carbocycles. The van der Waals surface area contributed by atoms with Crippen LogP contribution in [0.3, 0.4) is 0 Å². The third-order valence-electron chi connectivity index (χ3n) is 6.93. The fraction of sp³-hybridized carbons (Fsp3) is 0.500. The van der Waals surface area contributed by atoms with Gasteiger partial charge in [0.25, 0.3) is 5.91 Å². The largest absolute Gasteiger partial charge is 0.415 e. The van der Waals surface area contributed by atoms with E-state index in [0.29, 0.717) is 50.3 Å². The molecule has 1 saturated carbocycles. The van der Waals surface area contributed by atoms with E-state index < -0.39 is 12.0 Å². The van der Waals surface area contributed by atoms with E-state index in [1.165, 1.54) is 32.1 Å². The first kappa shape index (κ1) is 23.1. The second-order valence-electron chi connectivity index (χ2n) is 9.16. The molecule has 0 spiro atoms. The first-order chi connectivity index (χ1) is 16.0. The molecule has 2 fully saturated rings. The molecule has 0 bridgehead atoms. The van der Waals surface area contributed by atoms with Crippen LogP contribution in [0.5, 0.6) is 5.75 Å². The highest BCUT2D eigenvalue weighted by molar-refractivity contribution is 6.09. The van der Waals surface area contributed by atoms with Gasteiger partial charge in [0.1, 0.15) is 5.75 Å². The minimum absolute atomic E-state index is 0.163. The van der Waals surface area contributed by atoms with E-state index in [1.807, 2.05) is 23.1 Å². The van der Waals surface area contributed by atoms with E-state index in [9.17, 15) is 14.4 Å². The minimum Gasteiger partial charge on any atom is -0.409 e. The predicted molar refractivity (Wildman–Crippen MR) is 127 cm³/mol. The monoisotopic (exact) mass is 451 g/mol. The number of hydrogen-bond donors (Lipinski definition) is 1. The summed E-state index contributed by atoms with van der Waals surface area (Å²) in [5.74, 6) is 0.389. The van der Waals surface area contributed by atoms with Crippen LogP contribution < -0.4 is 10.5 Å². The topological polar surface area (TPSA) is 92.9 Å². The summed E-state index contributed by atoms with van der Waals surface area (Å²) < 4.78 is 5.62. The molecule has 0 atom stereocenters. The van der Waals surface area contributed by atoms with Crippen LogP contribution in [-0.2, 0) is 4.79 Å². The number of carbonyl (C=O) groups is 3. The normalized spacial score (nSPS) is 17.6. The molecule has 7 heteroatoms. The molecular formula is C26H33N3O4. The van der Waals surface area contributed by atoms with E-state index in [0.717, 1.165) is 11.8 Å². The molecule has 3 amide bonds. The summed E-state index contributed by atoms with van der Waals surface area (Å²) in [5, 5.41) is 1.50. The van der Waals surface area contributed by atoms with Crippen molar-refractivity contribution < 1.29 is 19.1 Å². The Bertz CT molecular complexity index is 1020. The quantitative estimate of drug-likeness (QED) is 0.732. The molecule has 1 aliphatic heterocycles. The van der Waals surface area contributed by atoms with Crippen molar-refractivity contribution in [1.29, 1.82) is 0 Å². The second-order valence-corrected chi connectivity index (χ2v) is 9.16.